The third-order valence-electron chi connectivity index (χ3n) is 6.81. The zero-order chi connectivity index (χ0) is 25.2. The molecule has 2 aromatic carbocycles. The lowest BCUT2D eigenvalue weighted by molar-refractivity contribution is 0.0164. The summed E-state index contributed by atoms with van der Waals surface area (Å²) in [4.78, 5) is 6.97. The molecule has 2 unspecified atom stereocenters. The molecule has 2 aromatic rings. The predicted molar refractivity (Wildman–Crippen MR) is 172 cm³/mol. The van der Waals surface area contributed by atoms with Crippen molar-refractivity contribution in [2.75, 3.05) is 68.5 Å². The summed E-state index contributed by atoms with van der Waals surface area (Å²) in [6.45, 7) is 3.91. The van der Waals surface area contributed by atoms with Gasteiger partial charge < -0.3 is 32.0 Å². The Balaban J connectivity index is 0. The number of nitrogens with one attached hydrogen (secondary N) is 1. The first-order chi connectivity index (χ1) is 16.8. The maximum absolute atomic E-state index is 3.74. The van der Waals surface area contributed by atoms with Gasteiger partial charge in [0.2, 0.25) is 0 Å². The summed E-state index contributed by atoms with van der Waals surface area (Å²) < 4.78 is 0. The largest absolute Gasteiger partial charge is 0.344 e. The molecule has 2 atom stereocenters. The highest BCUT2D eigenvalue weighted by Gasteiger charge is 2.25. The standard InChI is InChI=1S/C29H46N6.2ClH.2H3N/c1-31(2)18-17-27-21-34(23-28(32(3)4)19-25-13-9-7-10-14-25)30-35(22-27)24-29(33(5)6)20-26-15-11-8-12-16-26;;;;/h7-16,21,28-30H,17-20,22-24H2,1-6H3;2*1H;2*1H3. The first kappa shape index (κ1) is 39.4. The molecule has 0 amide bonds. The molecule has 0 saturated carbocycles. The van der Waals surface area contributed by atoms with Crippen LogP contribution in [-0.2, 0) is 12.8 Å². The zero-order valence-corrected chi connectivity index (χ0v) is 26.6. The van der Waals surface area contributed by atoms with Gasteiger partial charge in [0.25, 0.3) is 0 Å². The van der Waals surface area contributed by atoms with Crippen LogP contribution < -0.4 is 17.8 Å². The highest BCUT2D eigenvalue weighted by Crippen LogP contribution is 2.16. The van der Waals surface area contributed by atoms with E-state index in [4.69, 9.17) is 0 Å². The second-order valence-electron chi connectivity index (χ2n) is 10.6. The molecule has 0 bridgehead atoms. The van der Waals surface area contributed by atoms with E-state index in [2.05, 4.69) is 139 Å². The number of nitrogens with zero attached hydrogens (tertiary/aromatic N) is 5. The van der Waals surface area contributed by atoms with Gasteiger partial charge in [-0.3, -0.25) is 0 Å². The second-order valence-corrected chi connectivity index (χ2v) is 10.6. The summed E-state index contributed by atoms with van der Waals surface area (Å²) in [5.41, 5.74) is 7.99. The number of likely N-dealkylation sites (N-methyl/N-ethyl adjacent to an activating group) is 2. The van der Waals surface area contributed by atoms with Gasteiger partial charge in [0.15, 0.2) is 0 Å². The average molecular weight is 586 g/mol. The molecule has 7 N–H and O–H groups in total. The molecule has 1 aliphatic heterocycles. The maximum atomic E-state index is 3.74. The predicted octanol–water partition coefficient (Wildman–Crippen LogP) is 4.37. The molecule has 10 heteroatoms. The fourth-order valence-electron chi connectivity index (χ4n) is 4.54. The van der Waals surface area contributed by atoms with Crippen LogP contribution >= 0.6 is 24.8 Å². The molecule has 39 heavy (non-hydrogen) atoms. The van der Waals surface area contributed by atoms with Crippen molar-refractivity contribution in [2.24, 2.45) is 0 Å². The molecule has 0 radical (unpaired) electrons. The summed E-state index contributed by atoms with van der Waals surface area (Å²) >= 11 is 0. The van der Waals surface area contributed by atoms with Gasteiger partial charge in [0, 0.05) is 37.9 Å². The van der Waals surface area contributed by atoms with Crippen molar-refractivity contribution in [1.82, 2.24) is 42.6 Å². The minimum atomic E-state index is 0. The number of hydrazine groups is 2. The quantitative estimate of drug-likeness (QED) is 0.319. The topological polar surface area (TPSA) is 98.2 Å². The van der Waals surface area contributed by atoms with Crippen LogP contribution in [0.2, 0.25) is 0 Å². The van der Waals surface area contributed by atoms with E-state index in [0.717, 1.165) is 45.4 Å². The third-order valence-corrected chi connectivity index (χ3v) is 6.81. The molecule has 224 valence electrons. The van der Waals surface area contributed by atoms with E-state index < -0.39 is 0 Å². The Hall–Kier alpha value is -1.72. The highest BCUT2D eigenvalue weighted by molar-refractivity contribution is 5.85. The SMILES string of the molecule is CN(C)CCC1=CN(CC(Cc2ccccc2)N(C)C)NN(CC(Cc2ccccc2)N(C)C)C1.Cl.Cl.N.N. The molecule has 1 heterocycles. The van der Waals surface area contributed by atoms with Crippen LogP contribution in [0.1, 0.15) is 17.5 Å². The fraction of sp³-hybridized carbons (Fsp3) is 0.517. The van der Waals surface area contributed by atoms with E-state index in [1.165, 1.54) is 16.7 Å². The van der Waals surface area contributed by atoms with Crippen LogP contribution in [0.15, 0.2) is 72.4 Å². The summed E-state index contributed by atoms with van der Waals surface area (Å²) in [5.74, 6) is 0. The van der Waals surface area contributed by atoms with Crippen molar-refractivity contribution < 1.29 is 0 Å². The van der Waals surface area contributed by atoms with E-state index in [1.807, 2.05) is 0 Å². The van der Waals surface area contributed by atoms with Gasteiger partial charge in [0.05, 0.1) is 6.54 Å². The summed E-state index contributed by atoms with van der Waals surface area (Å²) in [6, 6.07) is 22.5. The van der Waals surface area contributed by atoms with Crippen molar-refractivity contribution in [1.29, 1.82) is 0 Å². The number of hydrogen-bond donors (Lipinski definition) is 3. The second kappa shape index (κ2) is 20.2. The first-order valence-corrected chi connectivity index (χ1v) is 12.8. The highest BCUT2D eigenvalue weighted by atomic mass is 35.5. The van der Waals surface area contributed by atoms with E-state index in [-0.39, 0.29) is 37.1 Å². The monoisotopic (exact) mass is 584 g/mol. The van der Waals surface area contributed by atoms with Crippen LogP contribution in [0.3, 0.4) is 0 Å². The molecular formula is C29H54Cl2N8. The van der Waals surface area contributed by atoms with E-state index in [9.17, 15) is 0 Å². The van der Waals surface area contributed by atoms with Gasteiger partial charge in [-0.25, -0.2) is 5.01 Å². The van der Waals surface area contributed by atoms with Gasteiger partial charge in [0.1, 0.15) is 0 Å². The van der Waals surface area contributed by atoms with Crippen molar-refractivity contribution >= 4 is 24.8 Å². The van der Waals surface area contributed by atoms with E-state index in [0.29, 0.717) is 12.1 Å². The van der Waals surface area contributed by atoms with Crippen molar-refractivity contribution in [2.45, 2.75) is 31.3 Å². The molecule has 0 spiro atoms. The fourth-order valence-corrected chi connectivity index (χ4v) is 4.54. The molecule has 0 aromatic heterocycles. The van der Waals surface area contributed by atoms with Crippen LogP contribution in [-0.4, -0.2) is 105 Å². The lowest BCUT2D eigenvalue weighted by Crippen LogP contribution is -2.58. The van der Waals surface area contributed by atoms with Crippen LogP contribution in [0.25, 0.3) is 0 Å². The zero-order valence-electron chi connectivity index (χ0n) is 24.9. The molecule has 0 aliphatic carbocycles. The lowest BCUT2D eigenvalue weighted by atomic mass is 10.0. The molecule has 8 nitrogen and oxygen atoms in total. The van der Waals surface area contributed by atoms with Gasteiger partial charge >= 0.3 is 0 Å². The Bertz CT molecular complexity index is 897. The summed E-state index contributed by atoms with van der Waals surface area (Å²) in [5, 5.41) is 4.73. The molecule has 0 saturated heterocycles. The first-order valence-electron chi connectivity index (χ1n) is 12.8. The number of rotatable bonds is 13. The number of hydrogen-bond acceptors (Lipinski definition) is 8. The molecule has 0 fully saturated rings. The third kappa shape index (κ3) is 14.0. The summed E-state index contributed by atoms with van der Waals surface area (Å²) in [6.07, 6.45) is 5.50. The molecule has 1 aliphatic rings. The van der Waals surface area contributed by atoms with Crippen LogP contribution in [0.4, 0.5) is 0 Å². The van der Waals surface area contributed by atoms with E-state index >= 15 is 0 Å². The molecular weight excluding hydrogens is 531 g/mol. The minimum absolute atomic E-state index is 0. The van der Waals surface area contributed by atoms with Crippen LogP contribution in [0.5, 0.6) is 0 Å². The number of benzene rings is 2. The average Bonchev–Trinajstić information content (AvgIpc) is 2.83. The Morgan fingerprint density at radius 3 is 1.62 bits per heavy atom. The molecule has 3 rings (SSSR count). The smallest absolute Gasteiger partial charge is 0.0510 e. The lowest BCUT2D eigenvalue weighted by Gasteiger charge is -2.41. The Labute approximate surface area is 250 Å². The van der Waals surface area contributed by atoms with E-state index in [1.54, 1.807) is 0 Å². The van der Waals surface area contributed by atoms with Gasteiger partial charge in [-0.1, -0.05) is 60.7 Å². The van der Waals surface area contributed by atoms with Crippen LogP contribution in [0, 0.1) is 0 Å². The summed E-state index contributed by atoms with van der Waals surface area (Å²) in [7, 11) is 13.1. The van der Waals surface area contributed by atoms with Crippen molar-refractivity contribution in [3.63, 3.8) is 0 Å². The van der Waals surface area contributed by atoms with Crippen molar-refractivity contribution in [3.05, 3.63) is 83.6 Å². The Kier molecular flexibility index (Phi) is 20.4. The number of halogens is 2. The van der Waals surface area contributed by atoms with Gasteiger partial charge in [-0.05, 0) is 78.2 Å². The van der Waals surface area contributed by atoms with Gasteiger partial charge in [-0.2, -0.15) is 5.53 Å². The minimum Gasteiger partial charge on any atom is -0.344 e. The van der Waals surface area contributed by atoms with Crippen molar-refractivity contribution in [3.8, 4) is 0 Å². The Morgan fingerprint density at radius 1 is 0.718 bits per heavy atom. The Morgan fingerprint density at radius 2 is 1.18 bits per heavy atom. The van der Waals surface area contributed by atoms with Gasteiger partial charge in [-0.15, -0.1) is 24.8 Å². The maximum Gasteiger partial charge on any atom is 0.0510 e. The normalized spacial score (nSPS) is 15.0.